The topological polar surface area (TPSA) is 58.6 Å². The van der Waals surface area contributed by atoms with Crippen molar-refractivity contribution in [2.45, 2.75) is 19.4 Å². The highest BCUT2D eigenvalue weighted by molar-refractivity contribution is 6.31. The van der Waals surface area contributed by atoms with E-state index in [9.17, 15) is 9.59 Å². The molecule has 0 spiro atoms. The van der Waals surface area contributed by atoms with Crippen molar-refractivity contribution in [2.24, 2.45) is 0 Å². The normalized spacial score (nSPS) is 10.5. The van der Waals surface area contributed by atoms with Gasteiger partial charge in [-0.25, -0.2) is 0 Å². The fraction of sp³-hybridized carbons (Fsp3) is 0.467. The van der Waals surface area contributed by atoms with E-state index in [4.69, 9.17) is 11.6 Å². The standard InChI is InChI=1S/C15H21ClN2O3/c1-18(9-5-8-15(20)21-2)11-14(19)17-10-12-6-3-4-7-13(12)16/h3-4,6-7H,5,8-11H2,1-2H3,(H,17,19). The number of nitrogens with zero attached hydrogens (tertiary/aromatic N) is 1. The second-order valence-corrected chi connectivity index (χ2v) is 5.19. The third-order valence-corrected chi connectivity index (χ3v) is 3.36. The maximum Gasteiger partial charge on any atom is 0.305 e. The second kappa shape index (κ2) is 9.37. The Morgan fingerprint density at radius 3 is 2.71 bits per heavy atom. The first kappa shape index (κ1) is 17.5. The van der Waals surface area contributed by atoms with E-state index in [1.54, 1.807) is 6.07 Å². The van der Waals surface area contributed by atoms with E-state index in [0.29, 0.717) is 31.0 Å². The quantitative estimate of drug-likeness (QED) is 0.744. The van der Waals surface area contributed by atoms with Gasteiger partial charge >= 0.3 is 5.97 Å². The SMILES string of the molecule is COC(=O)CCCN(C)CC(=O)NCc1ccccc1Cl. The van der Waals surface area contributed by atoms with Gasteiger partial charge < -0.3 is 10.1 Å². The molecule has 116 valence electrons. The second-order valence-electron chi connectivity index (χ2n) is 4.79. The Labute approximate surface area is 130 Å². The summed E-state index contributed by atoms with van der Waals surface area (Å²) in [5, 5.41) is 3.47. The van der Waals surface area contributed by atoms with Crippen molar-refractivity contribution in [3.8, 4) is 0 Å². The predicted molar refractivity (Wildman–Crippen MR) is 82.0 cm³/mol. The number of carbonyl (C=O) groups is 2. The summed E-state index contributed by atoms with van der Waals surface area (Å²) >= 11 is 6.02. The van der Waals surface area contributed by atoms with E-state index >= 15 is 0 Å². The molecule has 5 nitrogen and oxygen atoms in total. The lowest BCUT2D eigenvalue weighted by Gasteiger charge is -2.16. The summed E-state index contributed by atoms with van der Waals surface area (Å²) in [5.74, 6) is -0.304. The molecule has 1 amide bonds. The average Bonchev–Trinajstić information content (AvgIpc) is 2.46. The zero-order chi connectivity index (χ0) is 15.7. The first-order valence-electron chi connectivity index (χ1n) is 6.78. The number of nitrogens with one attached hydrogen (secondary N) is 1. The minimum Gasteiger partial charge on any atom is -0.469 e. The molecule has 6 heteroatoms. The first-order valence-corrected chi connectivity index (χ1v) is 7.16. The number of rotatable bonds is 8. The van der Waals surface area contributed by atoms with E-state index in [1.165, 1.54) is 7.11 Å². The molecule has 0 saturated heterocycles. The first-order chi connectivity index (χ1) is 10.0. The molecule has 1 N–H and O–H groups in total. The molecule has 0 aliphatic heterocycles. The van der Waals surface area contributed by atoms with Crippen LogP contribution in [0.2, 0.25) is 5.02 Å². The Kier molecular flexibility index (Phi) is 7.79. The van der Waals surface area contributed by atoms with E-state index < -0.39 is 0 Å². The zero-order valence-electron chi connectivity index (χ0n) is 12.4. The maximum absolute atomic E-state index is 11.8. The molecule has 0 aromatic heterocycles. The number of amides is 1. The number of likely N-dealkylation sites (N-methyl/N-ethyl adjacent to an activating group) is 1. The van der Waals surface area contributed by atoms with Crippen molar-refractivity contribution in [2.75, 3.05) is 27.2 Å². The van der Waals surface area contributed by atoms with Gasteiger partial charge in [-0.2, -0.15) is 0 Å². The van der Waals surface area contributed by atoms with Gasteiger partial charge in [0.25, 0.3) is 0 Å². The molecule has 0 unspecified atom stereocenters. The van der Waals surface area contributed by atoms with Crippen molar-refractivity contribution >= 4 is 23.5 Å². The van der Waals surface area contributed by atoms with Crippen LogP contribution in [0.3, 0.4) is 0 Å². The molecule has 0 radical (unpaired) electrons. The predicted octanol–water partition coefficient (Wildman–Crippen LogP) is 1.84. The van der Waals surface area contributed by atoms with Crippen LogP contribution >= 0.6 is 11.6 Å². The Bertz CT molecular complexity index is 480. The Morgan fingerprint density at radius 1 is 1.33 bits per heavy atom. The van der Waals surface area contributed by atoms with Crippen LogP contribution < -0.4 is 5.32 Å². The van der Waals surface area contributed by atoms with Gasteiger partial charge in [-0.1, -0.05) is 29.8 Å². The molecule has 0 fully saturated rings. The van der Waals surface area contributed by atoms with Crippen molar-refractivity contribution < 1.29 is 14.3 Å². The molecule has 1 rings (SSSR count). The number of hydrogen-bond acceptors (Lipinski definition) is 4. The molecule has 1 aromatic carbocycles. The smallest absolute Gasteiger partial charge is 0.305 e. The largest absolute Gasteiger partial charge is 0.469 e. The summed E-state index contributed by atoms with van der Waals surface area (Å²) < 4.78 is 4.56. The summed E-state index contributed by atoms with van der Waals surface area (Å²) in [7, 11) is 3.21. The number of hydrogen-bond donors (Lipinski definition) is 1. The van der Waals surface area contributed by atoms with Crippen molar-refractivity contribution in [1.29, 1.82) is 0 Å². The zero-order valence-corrected chi connectivity index (χ0v) is 13.2. The van der Waals surface area contributed by atoms with Gasteiger partial charge in [0.15, 0.2) is 0 Å². The Hall–Kier alpha value is -1.59. The van der Waals surface area contributed by atoms with Crippen LogP contribution in [0.15, 0.2) is 24.3 Å². The third-order valence-electron chi connectivity index (χ3n) is 3.00. The van der Waals surface area contributed by atoms with Gasteiger partial charge in [0.2, 0.25) is 5.91 Å². The van der Waals surface area contributed by atoms with Crippen LogP contribution in [0.4, 0.5) is 0 Å². The molecule has 0 saturated carbocycles. The summed E-state index contributed by atoms with van der Waals surface area (Å²) in [4.78, 5) is 24.6. The Morgan fingerprint density at radius 2 is 2.05 bits per heavy atom. The molecular formula is C15H21ClN2O3. The molecular weight excluding hydrogens is 292 g/mol. The lowest BCUT2D eigenvalue weighted by Crippen LogP contribution is -2.35. The van der Waals surface area contributed by atoms with E-state index in [1.807, 2.05) is 30.1 Å². The number of ether oxygens (including phenoxy) is 1. The third kappa shape index (κ3) is 7.11. The number of halogens is 1. The van der Waals surface area contributed by atoms with Gasteiger partial charge in [0.1, 0.15) is 0 Å². The maximum atomic E-state index is 11.8. The highest BCUT2D eigenvalue weighted by Crippen LogP contribution is 2.14. The van der Waals surface area contributed by atoms with Gasteiger partial charge in [-0.15, -0.1) is 0 Å². The monoisotopic (exact) mass is 312 g/mol. The van der Waals surface area contributed by atoms with Crippen LogP contribution in [0.1, 0.15) is 18.4 Å². The van der Waals surface area contributed by atoms with Crippen LogP contribution in [-0.4, -0.2) is 44.0 Å². The Balaban J connectivity index is 2.24. The summed E-state index contributed by atoms with van der Waals surface area (Å²) in [5.41, 5.74) is 0.890. The van der Waals surface area contributed by atoms with Crippen LogP contribution in [0, 0.1) is 0 Å². The minimum absolute atomic E-state index is 0.0736. The lowest BCUT2D eigenvalue weighted by atomic mass is 10.2. The van der Waals surface area contributed by atoms with E-state index in [0.717, 1.165) is 5.56 Å². The molecule has 0 atom stereocenters. The highest BCUT2D eigenvalue weighted by Gasteiger charge is 2.08. The molecule has 0 heterocycles. The lowest BCUT2D eigenvalue weighted by molar-refractivity contribution is -0.140. The van der Waals surface area contributed by atoms with Gasteiger partial charge in [0.05, 0.1) is 13.7 Å². The minimum atomic E-state index is -0.230. The van der Waals surface area contributed by atoms with Crippen LogP contribution in [-0.2, 0) is 20.9 Å². The number of esters is 1. The van der Waals surface area contributed by atoms with Gasteiger partial charge in [-0.3, -0.25) is 14.5 Å². The molecule has 0 aliphatic carbocycles. The summed E-state index contributed by atoms with van der Waals surface area (Å²) in [6.45, 7) is 1.36. The molecule has 1 aromatic rings. The molecule has 21 heavy (non-hydrogen) atoms. The number of carbonyl (C=O) groups excluding carboxylic acids is 2. The van der Waals surface area contributed by atoms with Crippen LogP contribution in [0.5, 0.6) is 0 Å². The summed E-state index contributed by atoms with van der Waals surface area (Å²) in [6.07, 6.45) is 1.03. The van der Waals surface area contributed by atoms with Crippen molar-refractivity contribution in [1.82, 2.24) is 10.2 Å². The van der Waals surface area contributed by atoms with E-state index in [2.05, 4.69) is 10.1 Å². The van der Waals surface area contributed by atoms with Crippen molar-refractivity contribution in [3.05, 3.63) is 34.9 Å². The highest BCUT2D eigenvalue weighted by atomic mass is 35.5. The number of methoxy groups -OCH3 is 1. The van der Waals surface area contributed by atoms with Crippen molar-refractivity contribution in [3.63, 3.8) is 0 Å². The van der Waals surface area contributed by atoms with Gasteiger partial charge in [-0.05, 0) is 31.6 Å². The fourth-order valence-corrected chi connectivity index (χ4v) is 2.01. The molecule has 0 bridgehead atoms. The fourth-order valence-electron chi connectivity index (χ4n) is 1.81. The number of benzene rings is 1. The van der Waals surface area contributed by atoms with Crippen LogP contribution in [0.25, 0.3) is 0 Å². The van der Waals surface area contributed by atoms with E-state index in [-0.39, 0.29) is 18.4 Å². The van der Waals surface area contributed by atoms with Gasteiger partial charge in [0, 0.05) is 18.0 Å². The molecule has 0 aliphatic rings. The average molecular weight is 313 g/mol. The summed E-state index contributed by atoms with van der Waals surface area (Å²) in [6, 6.07) is 7.40.